The second-order valence-corrected chi connectivity index (χ2v) is 3.48. The van der Waals surface area contributed by atoms with Crippen LogP contribution in [0.5, 0.6) is 0 Å². The summed E-state index contributed by atoms with van der Waals surface area (Å²) < 4.78 is 25.8. The molecule has 1 aromatic carbocycles. The number of hydrogen-bond donors (Lipinski definition) is 2. The highest BCUT2D eigenvalue weighted by atomic mass is 19.2. The maximum absolute atomic E-state index is 13.1. The summed E-state index contributed by atoms with van der Waals surface area (Å²) in [6.45, 7) is 2.05. The molecule has 0 fully saturated rings. The van der Waals surface area contributed by atoms with E-state index >= 15 is 0 Å². The molecule has 0 aliphatic rings. The molecule has 16 heavy (non-hydrogen) atoms. The van der Waals surface area contributed by atoms with Crippen molar-refractivity contribution >= 4 is 0 Å². The van der Waals surface area contributed by atoms with Gasteiger partial charge in [-0.2, -0.15) is 0 Å². The molecule has 0 aliphatic heterocycles. The fraction of sp³-hybridized carbons (Fsp3) is 0.182. The number of halogens is 2. The van der Waals surface area contributed by atoms with Crippen molar-refractivity contribution in [3.05, 3.63) is 41.4 Å². The molecule has 1 aromatic heterocycles. The van der Waals surface area contributed by atoms with Gasteiger partial charge in [0, 0.05) is 12.1 Å². The first-order valence-electron chi connectivity index (χ1n) is 4.83. The largest absolute Gasteiger partial charge is 0.345 e. The SMILES string of the molecule is Cc1nc(-c2ccc(F)c(F)c2)c(CN)[nH]1. The highest BCUT2D eigenvalue weighted by Gasteiger charge is 2.11. The Kier molecular flexibility index (Phi) is 2.70. The Morgan fingerprint density at radius 2 is 2.06 bits per heavy atom. The van der Waals surface area contributed by atoms with Crippen LogP contribution in [0.1, 0.15) is 11.5 Å². The van der Waals surface area contributed by atoms with Crippen LogP contribution in [-0.2, 0) is 6.54 Å². The van der Waals surface area contributed by atoms with E-state index in [0.717, 1.165) is 12.1 Å². The predicted molar refractivity (Wildman–Crippen MR) is 56.6 cm³/mol. The molecule has 5 heteroatoms. The summed E-state index contributed by atoms with van der Waals surface area (Å²) in [5, 5.41) is 0. The summed E-state index contributed by atoms with van der Waals surface area (Å²) in [7, 11) is 0. The maximum Gasteiger partial charge on any atom is 0.159 e. The van der Waals surface area contributed by atoms with Gasteiger partial charge in [0.1, 0.15) is 5.82 Å². The van der Waals surface area contributed by atoms with Crippen molar-refractivity contribution in [2.45, 2.75) is 13.5 Å². The molecule has 0 saturated carbocycles. The van der Waals surface area contributed by atoms with E-state index in [-0.39, 0.29) is 6.54 Å². The van der Waals surface area contributed by atoms with Crippen LogP contribution in [0.15, 0.2) is 18.2 Å². The average Bonchev–Trinajstić information content (AvgIpc) is 2.63. The first kappa shape index (κ1) is 10.8. The Hall–Kier alpha value is -1.75. The minimum absolute atomic E-state index is 0.273. The van der Waals surface area contributed by atoms with Crippen LogP contribution in [0.4, 0.5) is 8.78 Å². The van der Waals surface area contributed by atoms with Crippen molar-refractivity contribution in [2.75, 3.05) is 0 Å². The number of nitrogens with one attached hydrogen (secondary N) is 1. The molecule has 2 aromatic rings. The molecule has 0 aliphatic carbocycles. The van der Waals surface area contributed by atoms with Gasteiger partial charge in [-0.3, -0.25) is 0 Å². The first-order chi connectivity index (χ1) is 7.61. The molecule has 3 nitrogen and oxygen atoms in total. The van der Waals surface area contributed by atoms with Gasteiger partial charge in [0.2, 0.25) is 0 Å². The van der Waals surface area contributed by atoms with Crippen LogP contribution in [0, 0.1) is 18.6 Å². The van der Waals surface area contributed by atoms with Crippen LogP contribution >= 0.6 is 0 Å². The van der Waals surface area contributed by atoms with Crippen molar-refractivity contribution in [1.82, 2.24) is 9.97 Å². The van der Waals surface area contributed by atoms with E-state index in [1.165, 1.54) is 6.07 Å². The van der Waals surface area contributed by atoms with Crippen LogP contribution in [0.2, 0.25) is 0 Å². The summed E-state index contributed by atoms with van der Waals surface area (Å²) in [5.41, 5.74) is 7.33. The number of nitrogens with two attached hydrogens (primary N) is 1. The van der Waals surface area contributed by atoms with Gasteiger partial charge in [-0.15, -0.1) is 0 Å². The predicted octanol–water partition coefficient (Wildman–Crippen LogP) is 2.12. The van der Waals surface area contributed by atoms with Gasteiger partial charge in [0.15, 0.2) is 11.6 Å². The lowest BCUT2D eigenvalue weighted by atomic mass is 10.1. The second-order valence-electron chi connectivity index (χ2n) is 3.48. The third-order valence-electron chi connectivity index (χ3n) is 2.29. The number of hydrogen-bond acceptors (Lipinski definition) is 2. The molecule has 2 rings (SSSR count). The summed E-state index contributed by atoms with van der Waals surface area (Å²) >= 11 is 0. The van der Waals surface area contributed by atoms with Crippen LogP contribution < -0.4 is 5.73 Å². The van der Waals surface area contributed by atoms with Gasteiger partial charge >= 0.3 is 0 Å². The normalized spacial score (nSPS) is 10.8. The van der Waals surface area contributed by atoms with Gasteiger partial charge in [0.25, 0.3) is 0 Å². The van der Waals surface area contributed by atoms with E-state index in [9.17, 15) is 8.78 Å². The lowest BCUT2D eigenvalue weighted by molar-refractivity contribution is 0.509. The lowest BCUT2D eigenvalue weighted by Gasteiger charge is -2.01. The van der Waals surface area contributed by atoms with E-state index in [1.807, 2.05) is 0 Å². The van der Waals surface area contributed by atoms with Crippen molar-refractivity contribution in [3.63, 3.8) is 0 Å². The third-order valence-corrected chi connectivity index (χ3v) is 2.29. The van der Waals surface area contributed by atoms with Crippen LogP contribution in [0.3, 0.4) is 0 Å². The van der Waals surface area contributed by atoms with Crippen molar-refractivity contribution < 1.29 is 8.78 Å². The van der Waals surface area contributed by atoms with Crippen molar-refractivity contribution in [3.8, 4) is 11.3 Å². The molecule has 3 N–H and O–H groups in total. The fourth-order valence-corrected chi connectivity index (χ4v) is 1.57. The first-order valence-corrected chi connectivity index (χ1v) is 4.83. The Bertz CT molecular complexity index is 520. The minimum atomic E-state index is -0.888. The number of aryl methyl sites for hydroxylation is 1. The molecule has 0 radical (unpaired) electrons. The standard InChI is InChI=1S/C11H11F2N3/c1-6-15-10(5-14)11(16-6)7-2-3-8(12)9(13)4-7/h2-4H,5,14H2,1H3,(H,15,16). The highest BCUT2D eigenvalue weighted by Crippen LogP contribution is 2.23. The molecule has 1 heterocycles. The molecular formula is C11H11F2N3. The number of aromatic amines is 1. The molecular weight excluding hydrogens is 212 g/mol. The number of nitrogens with zero attached hydrogens (tertiary/aromatic N) is 1. The molecule has 84 valence electrons. The van der Waals surface area contributed by atoms with E-state index in [2.05, 4.69) is 9.97 Å². The molecule has 0 saturated heterocycles. The average molecular weight is 223 g/mol. The maximum atomic E-state index is 13.1. The van der Waals surface area contributed by atoms with Gasteiger partial charge in [0.05, 0.1) is 11.4 Å². The monoisotopic (exact) mass is 223 g/mol. The summed E-state index contributed by atoms with van der Waals surface area (Å²) in [5.74, 6) is -1.06. The molecule has 0 amide bonds. The van der Waals surface area contributed by atoms with E-state index in [4.69, 9.17) is 5.73 Å². The van der Waals surface area contributed by atoms with E-state index in [1.54, 1.807) is 6.92 Å². The van der Waals surface area contributed by atoms with Gasteiger partial charge in [-0.1, -0.05) is 0 Å². The summed E-state index contributed by atoms with van der Waals surface area (Å²) in [4.78, 5) is 7.17. The number of aromatic nitrogens is 2. The van der Waals surface area contributed by atoms with Crippen molar-refractivity contribution in [1.29, 1.82) is 0 Å². The smallest absolute Gasteiger partial charge is 0.159 e. The molecule has 0 unspecified atom stereocenters. The Labute approximate surface area is 91.3 Å². The molecule has 0 spiro atoms. The Morgan fingerprint density at radius 1 is 1.31 bits per heavy atom. The van der Waals surface area contributed by atoms with Gasteiger partial charge in [-0.05, 0) is 25.1 Å². The van der Waals surface area contributed by atoms with E-state index in [0.29, 0.717) is 22.8 Å². The topological polar surface area (TPSA) is 54.7 Å². The quantitative estimate of drug-likeness (QED) is 0.819. The van der Waals surface area contributed by atoms with E-state index < -0.39 is 11.6 Å². The fourth-order valence-electron chi connectivity index (χ4n) is 1.57. The Balaban J connectivity index is 2.53. The second kappa shape index (κ2) is 4.02. The zero-order chi connectivity index (χ0) is 11.7. The van der Waals surface area contributed by atoms with Crippen molar-refractivity contribution in [2.24, 2.45) is 5.73 Å². The zero-order valence-corrected chi connectivity index (χ0v) is 8.72. The third kappa shape index (κ3) is 1.81. The van der Waals surface area contributed by atoms with Gasteiger partial charge in [-0.25, -0.2) is 13.8 Å². The zero-order valence-electron chi connectivity index (χ0n) is 8.72. The number of benzene rings is 1. The highest BCUT2D eigenvalue weighted by molar-refractivity contribution is 5.62. The summed E-state index contributed by atoms with van der Waals surface area (Å²) in [6, 6.07) is 3.67. The minimum Gasteiger partial charge on any atom is -0.345 e. The number of rotatable bonds is 2. The number of imidazole rings is 1. The summed E-state index contributed by atoms with van der Waals surface area (Å²) in [6.07, 6.45) is 0. The Morgan fingerprint density at radius 3 is 2.69 bits per heavy atom. The van der Waals surface area contributed by atoms with Gasteiger partial charge < -0.3 is 10.7 Å². The molecule has 0 atom stereocenters. The van der Waals surface area contributed by atoms with Crippen LogP contribution in [-0.4, -0.2) is 9.97 Å². The number of H-pyrrole nitrogens is 1. The lowest BCUT2D eigenvalue weighted by Crippen LogP contribution is -1.99. The molecule has 0 bridgehead atoms. The van der Waals surface area contributed by atoms with Crippen LogP contribution in [0.25, 0.3) is 11.3 Å².